The maximum atomic E-state index is 12.4. The number of para-hydroxylation sites is 2. The summed E-state index contributed by atoms with van der Waals surface area (Å²) >= 11 is 0. The Morgan fingerprint density at radius 2 is 1.79 bits per heavy atom. The number of amides is 1. The van der Waals surface area contributed by atoms with Gasteiger partial charge in [-0.3, -0.25) is 9.69 Å². The Labute approximate surface area is 171 Å². The van der Waals surface area contributed by atoms with Crippen LogP contribution >= 0.6 is 0 Å². The summed E-state index contributed by atoms with van der Waals surface area (Å²) in [5.41, 5.74) is 1.22. The molecule has 2 aliphatic rings. The number of carbonyl (C=O) groups is 1. The first kappa shape index (κ1) is 19.4. The number of hydrogen-bond acceptors (Lipinski definition) is 6. The molecule has 4 rings (SSSR count). The molecule has 1 unspecified atom stereocenters. The summed E-state index contributed by atoms with van der Waals surface area (Å²) in [6.07, 6.45) is -0.600. The fraction of sp³-hybridized carbons (Fsp3) is 0.409. The van der Waals surface area contributed by atoms with Crippen molar-refractivity contribution in [1.29, 1.82) is 0 Å². The van der Waals surface area contributed by atoms with Crippen LogP contribution in [0, 0.1) is 0 Å². The summed E-state index contributed by atoms with van der Waals surface area (Å²) in [6, 6.07) is 15.6. The third-order valence-corrected chi connectivity index (χ3v) is 5.34. The van der Waals surface area contributed by atoms with E-state index >= 15 is 0 Å². The van der Waals surface area contributed by atoms with E-state index in [1.54, 1.807) is 7.11 Å². The Morgan fingerprint density at radius 1 is 1.07 bits per heavy atom. The van der Waals surface area contributed by atoms with Gasteiger partial charge in [-0.05, 0) is 36.4 Å². The molecule has 1 N–H and O–H groups in total. The monoisotopic (exact) mass is 397 g/mol. The highest BCUT2D eigenvalue weighted by molar-refractivity contribution is 5.81. The van der Waals surface area contributed by atoms with Crippen LogP contribution in [-0.4, -0.2) is 69.9 Å². The highest BCUT2D eigenvalue weighted by Gasteiger charge is 2.27. The molecule has 2 heterocycles. The van der Waals surface area contributed by atoms with E-state index in [-0.39, 0.29) is 12.5 Å². The van der Waals surface area contributed by atoms with Gasteiger partial charge in [0.25, 0.3) is 5.91 Å². The van der Waals surface area contributed by atoms with E-state index in [2.05, 4.69) is 27.2 Å². The molecule has 0 aromatic heterocycles. The summed E-state index contributed by atoms with van der Waals surface area (Å²) < 4.78 is 16.6. The zero-order valence-corrected chi connectivity index (χ0v) is 16.7. The van der Waals surface area contributed by atoms with Gasteiger partial charge in [0, 0.05) is 45.0 Å². The first-order chi connectivity index (χ1) is 14.2. The van der Waals surface area contributed by atoms with Crippen molar-refractivity contribution in [1.82, 2.24) is 10.2 Å². The zero-order valence-electron chi connectivity index (χ0n) is 16.7. The number of piperazine rings is 1. The lowest BCUT2D eigenvalue weighted by Crippen LogP contribution is -2.50. The summed E-state index contributed by atoms with van der Waals surface area (Å²) in [5, 5.41) is 2.97. The molecule has 0 bridgehead atoms. The number of benzene rings is 2. The number of hydrogen-bond donors (Lipinski definition) is 1. The topological polar surface area (TPSA) is 63.3 Å². The number of ether oxygens (including phenoxy) is 3. The van der Waals surface area contributed by atoms with Gasteiger partial charge in [-0.15, -0.1) is 0 Å². The Kier molecular flexibility index (Phi) is 6.05. The Balaban J connectivity index is 1.17. The molecule has 154 valence electrons. The Hall–Kier alpha value is -2.93. The van der Waals surface area contributed by atoms with Gasteiger partial charge in [-0.2, -0.15) is 0 Å². The van der Waals surface area contributed by atoms with E-state index in [1.165, 1.54) is 5.69 Å². The average Bonchev–Trinajstić information content (AvgIpc) is 2.79. The number of rotatable bonds is 6. The maximum Gasteiger partial charge on any atom is 0.264 e. The van der Waals surface area contributed by atoms with Crippen molar-refractivity contribution in [2.45, 2.75) is 6.10 Å². The maximum absolute atomic E-state index is 12.4. The molecule has 0 spiro atoms. The van der Waals surface area contributed by atoms with Crippen LogP contribution in [0.15, 0.2) is 48.5 Å². The molecule has 1 amide bonds. The van der Waals surface area contributed by atoms with E-state index in [0.29, 0.717) is 18.0 Å². The molecule has 2 aromatic carbocycles. The van der Waals surface area contributed by atoms with Crippen LogP contribution in [0.5, 0.6) is 17.2 Å². The van der Waals surface area contributed by atoms with Gasteiger partial charge in [0.1, 0.15) is 12.4 Å². The van der Waals surface area contributed by atoms with E-state index < -0.39 is 6.10 Å². The van der Waals surface area contributed by atoms with E-state index in [9.17, 15) is 4.79 Å². The van der Waals surface area contributed by atoms with Crippen molar-refractivity contribution >= 4 is 11.6 Å². The number of nitrogens with zero attached hydrogens (tertiary/aromatic N) is 2. The van der Waals surface area contributed by atoms with Gasteiger partial charge >= 0.3 is 0 Å². The second kappa shape index (κ2) is 9.05. The first-order valence-electron chi connectivity index (χ1n) is 10.0. The van der Waals surface area contributed by atoms with Crippen LogP contribution in [0.2, 0.25) is 0 Å². The second-order valence-corrected chi connectivity index (χ2v) is 7.18. The molecule has 1 atom stereocenters. The predicted octanol–water partition coefficient (Wildman–Crippen LogP) is 1.77. The lowest BCUT2D eigenvalue weighted by molar-refractivity contribution is -0.130. The normalized spacial score (nSPS) is 18.9. The van der Waals surface area contributed by atoms with Crippen molar-refractivity contribution in [3.8, 4) is 17.2 Å². The van der Waals surface area contributed by atoms with Crippen molar-refractivity contribution in [3.63, 3.8) is 0 Å². The van der Waals surface area contributed by atoms with E-state index in [4.69, 9.17) is 14.2 Å². The van der Waals surface area contributed by atoms with Crippen LogP contribution in [0.1, 0.15) is 0 Å². The van der Waals surface area contributed by atoms with Crippen LogP contribution < -0.4 is 24.4 Å². The SMILES string of the molecule is COc1ccc(N2CCN(CCNC(=O)C3COc4ccccc4O3)CC2)cc1. The number of carbonyl (C=O) groups excluding carboxylic acids is 1. The minimum absolute atomic E-state index is 0.128. The molecule has 0 aliphatic carbocycles. The second-order valence-electron chi connectivity index (χ2n) is 7.18. The fourth-order valence-electron chi connectivity index (χ4n) is 3.62. The molecular weight excluding hydrogens is 370 g/mol. The molecule has 0 radical (unpaired) electrons. The molecule has 2 aliphatic heterocycles. The molecular formula is C22H27N3O4. The number of anilines is 1. The lowest BCUT2D eigenvalue weighted by Gasteiger charge is -2.36. The smallest absolute Gasteiger partial charge is 0.264 e. The summed E-state index contributed by atoms with van der Waals surface area (Å²) in [7, 11) is 1.68. The molecule has 29 heavy (non-hydrogen) atoms. The van der Waals surface area contributed by atoms with E-state index in [1.807, 2.05) is 36.4 Å². The molecule has 0 saturated carbocycles. The van der Waals surface area contributed by atoms with Crippen molar-refractivity contribution in [3.05, 3.63) is 48.5 Å². The minimum atomic E-state index is -0.600. The molecule has 7 heteroatoms. The average molecular weight is 397 g/mol. The highest BCUT2D eigenvalue weighted by Crippen LogP contribution is 2.30. The number of methoxy groups -OCH3 is 1. The van der Waals surface area contributed by atoms with Gasteiger partial charge < -0.3 is 24.4 Å². The standard InChI is InChI=1S/C22H27N3O4/c1-27-18-8-6-17(7-9-18)25-14-12-24(13-15-25)11-10-23-22(26)21-16-28-19-4-2-3-5-20(19)29-21/h2-9,21H,10-16H2,1H3,(H,23,26). The van der Waals surface area contributed by atoms with Crippen LogP contribution in [0.3, 0.4) is 0 Å². The van der Waals surface area contributed by atoms with Crippen LogP contribution in [0.4, 0.5) is 5.69 Å². The van der Waals surface area contributed by atoms with E-state index in [0.717, 1.165) is 38.5 Å². The van der Waals surface area contributed by atoms with Gasteiger partial charge in [0.15, 0.2) is 11.5 Å². The Bertz CT molecular complexity index is 819. The zero-order chi connectivity index (χ0) is 20.1. The van der Waals surface area contributed by atoms with Crippen LogP contribution in [0.25, 0.3) is 0 Å². The molecule has 1 fully saturated rings. The quantitative estimate of drug-likeness (QED) is 0.802. The first-order valence-corrected chi connectivity index (χ1v) is 10.0. The van der Waals surface area contributed by atoms with Gasteiger partial charge in [0.05, 0.1) is 7.11 Å². The summed E-state index contributed by atoms with van der Waals surface area (Å²) in [6.45, 7) is 5.54. The molecule has 7 nitrogen and oxygen atoms in total. The number of fused-ring (bicyclic) bond motifs is 1. The summed E-state index contributed by atoms with van der Waals surface area (Å²) in [5.74, 6) is 2.05. The largest absolute Gasteiger partial charge is 0.497 e. The third-order valence-electron chi connectivity index (χ3n) is 5.34. The predicted molar refractivity (Wildman–Crippen MR) is 111 cm³/mol. The summed E-state index contributed by atoms with van der Waals surface area (Å²) in [4.78, 5) is 17.1. The van der Waals surface area contributed by atoms with Gasteiger partial charge in [0.2, 0.25) is 6.10 Å². The van der Waals surface area contributed by atoms with Crippen molar-refractivity contribution < 1.29 is 19.0 Å². The lowest BCUT2D eigenvalue weighted by atomic mass is 10.2. The fourth-order valence-corrected chi connectivity index (χ4v) is 3.62. The van der Waals surface area contributed by atoms with Gasteiger partial charge in [-0.25, -0.2) is 0 Å². The van der Waals surface area contributed by atoms with Gasteiger partial charge in [-0.1, -0.05) is 12.1 Å². The third kappa shape index (κ3) is 4.74. The Morgan fingerprint density at radius 3 is 2.52 bits per heavy atom. The van der Waals surface area contributed by atoms with Crippen LogP contribution in [-0.2, 0) is 4.79 Å². The molecule has 1 saturated heterocycles. The number of nitrogens with one attached hydrogen (secondary N) is 1. The van der Waals surface area contributed by atoms with Crippen molar-refractivity contribution in [2.24, 2.45) is 0 Å². The highest BCUT2D eigenvalue weighted by atomic mass is 16.6. The molecule has 2 aromatic rings. The van der Waals surface area contributed by atoms with Crippen molar-refractivity contribution in [2.75, 3.05) is 57.9 Å². The minimum Gasteiger partial charge on any atom is -0.497 e.